The predicted molar refractivity (Wildman–Crippen MR) is 74.9 cm³/mol. The summed E-state index contributed by atoms with van der Waals surface area (Å²) in [7, 11) is 0. The predicted octanol–water partition coefficient (Wildman–Crippen LogP) is 3.42. The minimum Gasteiger partial charge on any atom is -0.507 e. The number of anilines is 1. The number of rotatable bonds is 2. The van der Waals surface area contributed by atoms with E-state index in [4.69, 9.17) is 5.26 Å². The maximum atomic E-state index is 13.6. The molecule has 2 N–H and O–H groups in total. The van der Waals surface area contributed by atoms with Gasteiger partial charge in [-0.3, -0.25) is 4.79 Å². The fourth-order valence-corrected chi connectivity index (χ4v) is 1.92. The molecule has 0 radical (unpaired) electrons. The Kier molecular flexibility index (Phi) is 4.01. The largest absolute Gasteiger partial charge is 0.507 e. The Morgan fingerprint density at radius 2 is 2.05 bits per heavy atom. The first-order valence-electron chi connectivity index (χ1n) is 5.51. The van der Waals surface area contributed by atoms with Crippen LogP contribution in [0.4, 0.5) is 10.1 Å². The van der Waals surface area contributed by atoms with Gasteiger partial charge in [-0.1, -0.05) is 15.9 Å². The smallest absolute Gasteiger partial charge is 0.259 e. The van der Waals surface area contributed by atoms with Crippen LogP contribution in [0.1, 0.15) is 15.9 Å². The van der Waals surface area contributed by atoms with Crippen molar-refractivity contribution in [3.8, 4) is 11.8 Å². The van der Waals surface area contributed by atoms with Crippen LogP contribution in [0.25, 0.3) is 0 Å². The van der Waals surface area contributed by atoms with E-state index >= 15 is 0 Å². The number of nitrogens with zero attached hydrogens (tertiary/aromatic N) is 1. The van der Waals surface area contributed by atoms with Crippen molar-refractivity contribution in [1.82, 2.24) is 0 Å². The maximum Gasteiger partial charge on any atom is 0.259 e. The fourth-order valence-electron chi connectivity index (χ4n) is 1.57. The summed E-state index contributed by atoms with van der Waals surface area (Å²) in [5.74, 6) is -1.57. The molecule has 0 fully saturated rings. The second-order valence-corrected chi connectivity index (χ2v) is 4.84. The Labute approximate surface area is 122 Å². The van der Waals surface area contributed by atoms with Gasteiger partial charge < -0.3 is 10.4 Å². The molecule has 6 heteroatoms. The number of halogens is 2. The molecule has 100 valence electrons. The lowest BCUT2D eigenvalue weighted by Gasteiger charge is -2.08. The van der Waals surface area contributed by atoms with E-state index in [2.05, 4.69) is 21.2 Å². The van der Waals surface area contributed by atoms with Crippen molar-refractivity contribution in [2.75, 3.05) is 5.32 Å². The maximum absolute atomic E-state index is 13.6. The topological polar surface area (TPSA) is 73.1 Å². The van der Waals surface area contributed by atoms with Crippen molar-refractivity contribution in [2.45, 2.75) is 0 Å². The van der Waals surface area contributed by atoms with E-state index in [0.29, 0.717) is 4.47 Å². The number of hydrogen-bond acceptors (Lipinski definition) is 3. The monoisotopic (exact) mass is 334 g/mol. The molecule has 0 aliphatic heterocycles. The molecule has 2 aromatic carbocycles. The van der Waals surface area contributed by atoms with E-state index in [-0.39, 0.29) is 22.6 Å². The Hall–Kier alpha value is -2.39. The van der Waals surface area contributed by atoms with Crippen LogP contribution in [0.3, 0.4) is 0 Å². The lowest BCUT2D eigenvalue weighted by Crippen LogP contribution is -2.13. The number of nitriles is 1. The number of hydrogen-bond donors (Lipinski definition) is 2. The van der Waals surface area contributed by atoms with Gasteiger partial charge in [-0.2, -0.15) is 5.26 Å². The zero-order valence-corrected chi connectivity index (χ0v) is 11.6. The number of benzene rings is 2. The van der Waals surface area contributed by atoms with Crippen molar-refractivity contribution in [3.63, 3.8) is 0 Å². The van der Waals surface area contributed by atoms with Crippen LogP contribution < -0.4 is 5.32 Å². The van der Waals surface area contributed by atoms with Crippen LogP contribution in [0, 0.1) is 17.1 Å². The van der Waals surface area contributed by atoms with Crippen LogP contribution in [0.5, 0.6) is 5.75 Å². The van der Waals surface area contributed by atoms with Gasteiger partial charge in [0.2, 0.25) is 0 Å². The molecule has 0 spiro atoms. The van der Waals surface area contributed by atoms with Crippen molar-refractivity contribution < 1.29 is 14.3 Å². The minimum absolute atomic E-state index is 0.0250. The molecule has 20 heavy (non-hydrogen) atoms. The first-order chi connectivity index (χ1) is 9.51. The van der Waals surface area contributed by atoms with Crippen LogP contribution in [0.2, 0.25) is 0 Å². The molecule has 0 aliphatic rings. The Morgan fingerprint density at radius 3 is 2.65 bits per heavy atom. The highest BCUT2D eigenvalue weighted by Gasteiger charge is 2.13. The van der Waals surface area contributed by atoms with Crippen molar-refractivity contribution in [3.05, 3.63) is 57.8 Å². The standard InChI is InChI=1S/C14H8BrFN2O2/c15-9-2-3-10(13(19)6-9)14(20)18-12-4-1-8(7-17)5-11(12)16/h1-6,19H,(H,18,20). The number of aromatic hydroxyl groups is 1. The van der Waals surface area contributed by atoms with Gasteiger partial charge in [0.15, 0.2) is 0 Å². The minimum atomic E-state index is -0.714. The Balaban J connectivity index is 2.26. The van der Waals surface area contributed by atoms with Gasteiger partial charge in [-0.15, -0.1) is 0 Å². The second kappa shape index (κ2) is 5.72. The molecule has 2 rings (SSSR count). The third-order valence-electron chi connectivity index (χ3n) is 2.55. The highest BCUT2D eigenvalue weighted by Crippen LogP contribution is 2.24. The first kappa shape index (κ1) is 14.0. The van der Waals surface area contributed by atoms with E-state index in [0.717, 1.165) is 6.07 Å². The van der Waals surface area contributed by atoms with Gasteiger partial charge in [0.25, 0.3) is 5.91 Å². The highest BCUT2D eigenvalue weighted by molar-refractivity contribution is 9.10. The van der Waals surface area contributed by atoms with Crippen LogP contribution >= 0.6 is 15.9 Å². The molecule has 0 heterocycles. The molecule has 0 atom stereocenters. The number of phenolic OH excluding ortho intramolecular Hbond substituents is 1. The molecule has 4 nitrogen and oxygen atoms in total. The van der Waals surface area contributed by atoms with Gasteiger partial charge in [-0.05, 0) is 36.4 Å². The molecule has 0 saturated carbocycles. The summed E-state index contributed by atoms with van der Waals surface area (Å²) in [5.41, 5.74) is 0.125. The summed E-state index contributed by atoms with van der Waals surface area (Å²) in [5, 5.41) is 20.6. The first-order valence-corrected chi connectivity index (χ1v) is 6.30. The van der Waals surface area contributed by atoms with Gasteiger partial charge in [0.1, 0.15) is 11.6 Å². The molecule has 0 saturated heterocycles. The number of nitrogens with one attached hydrogen (secondary N) is 1. The fraction of sp³-hybridized carbons (Fsp3) is 0. The summed E-state index contributed by atoms with van der Waals surface area (Å²) in [4.78, 5) is 11.9. The molecule has 0 aromatic heterocycles. The SMILES string of the molecule is N#Cc1ccc(NC(=O)c2ccc(Br)cc2O)c(F)c1. The van der Waals surface area contributed by atoms with E-state index < -0.39 is 11.7 Å². The van der Waals surface area contributed by atoms with Crippen LogP contribution in [0.15, 0.2) is 40.9 Å². The van der Waals surface area contributed by atoms with Crippen molar-refractivity contribution >= 4 is 27.5 Å². The lowest BCUT2D eigenvalue weighted by atomic mass is 10.1. The third kappa shape index (κ3) is 2.95. The van der Waals surface area contributed by atoms with Gasteiger partial charge in [0, 0.05) is 4.47 Å². The summed E-state index contributed by atoms with van der Waals surface area (Å²) >= 11 is 3.16. The van der Waals surface area contributed by atoms with Crippen molar-refractivity contribution in [2.24, 2.45) is 0 Å². The van der Waals surface area contributed by atoms with E-state index in [9.17, 15) is 14.3 Å². The average Bonchev–Trinajstić information content (AvgIpc) is 2.40. The van der Waals surface area contributed by atoms with E-state index in [1.807, 2.05) is 0 Å². The zero-order valence-electron chi connectivity index (χ0n) is 10.0. The molecular weight excluding hydrogens is 327 g/mol. The lowest BCUT2D eigenvalue weighted by molar-refractivity contribution is 0.102. The molecule has 0 unspecified atom stereocenters. The van der Waals surface area contributed by atoms with E-state index in [1.165, 1.54) is 24.3 Å². The summed E-state index contributed by atoms with van der Waals surface area (Å²) in [6.07, 6.45) is 0. The molecular formula is C14H8BrFN2O2. The number of amides is 1. The number of carbonyl (C=O) groups is 1. The summed E-state index contributed by atoms with van der Waals surface area (Å²) in [6, 6.07) is 9.87. The zero-order chi connectivity index (χ0) is 14.7. The summed E-state index contributed by atoms with van der Waals surface area (Å²) < 4.78 is 14.3. The molecule has 0 aliphatic carbocycles. The van der Waals surface area contributed by atoms with Crippen LogP contribution in [-0.2, 0) is 0 Å². The summed E-state index contributed by atoms with van der Waals surface area (Å²) in [6.45, 7) is 0. The van der Waals surface area contributed by atoms with Gasteiger partial charge in [-0.25, -0.2) is 4.39 Å². The van der Waals surface area contributed by atoms with Crippen LogP contribution in [-0.4, -0.2) is 11.0 Å². The second-order valence-electron chi connectivity index (χ2n) is 3.92. The highest BCUT2D eigenvalue weighted by atomic mass is 79.9. The van der Waals surface area contributed by atoms with E-state index in [1.54, 1.807) is 12.1 Å². The third-order valence-corrected chi connectivity index (χ3v) is 3.04. The average molecular weight is 335 g/mol. The number of carbonyl (C=O) groups excluding carboxylic acids is 1. The van der Waals surface area contributed by atoms with Crippen molar-refractivity contribution in [1.29, 1.82) is 5.26 Å². The normalized spacial score (nSPS) is 9.85. The van der Waals surface area contributed by atoms with Gasteiger partial charge >= 0.3 is 0 Å². The molecule has 2 aromatic rings. The Morgan fingerprint density at radius 1 is 1.30 bits per heavy atom. The molecule has 0 bridgehead atoms. The molecule has 1 amide bonds. The Bertz CT molecular complexity index is 726. The van der Waals surface area contributed by atoms with Gasteiger partial charge in [0.05, 0.1) is 22.9 Å². The quantitative estimate of drug-likeness (QED) is 0.883. The number of phenols is 1.